The number of hydrogen-bond acceptors (Lipinski definition) is 5. The summed E-state index contributed by atoms with van der Waals surface area (Å²) in [7, 11) is 0. The van der Waals surface area contributed by atoms with Gasteiger partial charge in [-0.3, -0.25) is 9.59 Å². The van der Waals surface area contributed by atoms with Gasteiger partial charge in [0.1, 0.15) is 5.82 Å². The molecule has 1 aromatic heterocycles. The summed E-state index contributed by atoms with van der Waals surface area (Å²) in [6, 6.07) is 12.5. The third kappa shape index (κ3) is 4.61. The molecule has 2 aliphatic heterocycles. The number of nitrogens with zero attached hydrogens (tertiary/aromatic N) is 3. The van der Waals surface area contributed by atoms with Gasteiger partial charge in [-0.15, -0.1) is 0 Å². The number of carbonyl (C=O) groups is 2. The number of anilines is 1. The first kappa shape index (κ1) is 23.5. The monoisotopic (exact) mass is 488 g/mol. The Hall–Kier alpha value is -2.93. The number of amides is 2. The van der Waals surface area contributed by atoms with Crippen molar-refractivity contribution in [3.05, 3.63) is 48.2 Å². The van der Waals surface area contributed by atoms with Crippen LogP contribution in [-0.4, -0.2) is 64.6 Å². The maximum atomic E-state index is 13.6. The van der Waals surface area contributed by atoms with Crippen molar-refractivity contribution in [2.45, 2.75) is 76.0 Å². The highest BCUT2D eigenvalue weighted by molar-refractivity contribution is 5.95. The zero-order valence-electron chi connectivity index (χ0n) is 20.9. The van der Waals surface area contributed by atoms with E-state index in [2.05, 4.69) is 27.2 Å². The lowest BCUT2D eigenvalue weighted by atomic mass is 9.78. The first-order valence-corrected chi connectivity index (χ1v) is 13.6. The Bertz CT molecular complexity index is 1110. The van der Waals surface area contributed by atoms with Gasteiger partial charge in [0, 0.05) is 49.0 Å². The molecule has 2 aromatic rings. The molecule has 2 amide bonds. The van der Waals surface area contributed by atoms with E-state index in [1.165, 1.54) is 0 Å². The third-order valence-electron chi connectivity index (χ3n) is 8.69. The molecule has 0 radical (unpaired) electrons. The normalized spacial score (nSPS) is 28.5. The minimum atomic E-state index is -0.300. The molecule has 3 heterocycles. The smallest absolute Gasteiger partial charge is 0.251 e. The van der Waals surface area contributed by atoms with Gasteiger partial charge in [-0.2, -0.15) is 0 Å². The van der Waals surface area contributed by atoms with Crippen LogP contribution < -0.4 is 10.2 Å². The van der Waals surface area contributed by atoms with Gasteiger partial charge in [-0.05, 0) is 87.6 Å². The van der Waals surface area contributed by atoms with Crippen LogP contribution in [0.3, 0.4) is 0 Å². The lowest BCUT2D eigenvalue weighted by Crippen LogP contribution is -2.50. The number of pyridine rings is 1. The topological polar surface area (TPSA) is 85.8 Å². The first-order valence-electron chi connectivity index (χ1n) is 13.6. The Balaban J connectivity index is 1.11. The van der Waals surface area contributed by atoms with Crippen LogP contribution >= 0.6 is 0 Å². The van der Waals surface area contributed by atoms with E-state index in [1.54, 1.807) is 0 Å². The Labute approximate surface area is 212 Å². The number of likely N-dealkylation sites (tertiary alicyclic amines) is 1. The van der Waals surface area contributed by atoms with Crippen molar-refractivity contribution in [1.82, 2.24) is 15.2 Å². The largest absolute Gasteiger partial charge is 0.393 e. The van der Waals surface area contributed by atoms with Crippen molar-refractivity contribution in [3.8, 4) is 11.1 Å². The number of aliphatic hydroxyl groups is 1. The van der Waals surface area contributed by atoms with E-state index in [-0.39, 0.29) is 17.4 Å². The zero-order valence-corrected chi connectivity index (χ0v) is 20.9. The number of rotatable bonds is 5. The molecule has 2 saturated heterocycles. The lowest BCUT2D eigenvalue weighted by Gasteiger charge is -2.41. The van der Waals surface area contributed by atoms with Crippen LogP contribution in [0.2, 0.25) is 0 Å². The van der Waals surface area contributed by atoms with Crippen molar-refractivity contribution < 1.29 is 14.7 Å². The molecule has 36 heavy (non-hydrogen) atoms. The summed E-state index contributed by atoms with van der Waals surface area (Å²) in [6.45, 7) is 2.49. The maximum Gasteiger partial charge on any atom is 0.251 e. The minimum Gasteiger partial charge on any atom is -0.393 e. The maximum absolute atomic E-state index is 13.6. The molecule has 1 atom stereocenters. The molecule has 6 rings (SSSR count). The fourth-order valence-electron chi connectivity index (χ4n) is 6.33. The van der Waals surface area contributed by atoms with Gasteiger partial charge in [-0.1, -0.05) is 12.1 Å². The Morgan fingerprint density at radius 3 is 2.39 bits per heavy atom. The van der Waals surface area contributed by atoms with Crippen LogP contribution in [0.4, 0.5) is 5.82 Å². The summed E-state index contributed by atoms with van der Waals surface area (Å²) >= 11 is 0. The summed E-state index contributed by atoms with van der Waals surface area (Å²) in [4.78, 5) is 35.0. The van der Waals surface area contributed by atoms with Crippen LogP contribution in [0.5, 0.6) is 0 Å². The number of carbonyl (C=O) groups excluding carboxylic acids is 2. The molecule has 1 spiro atoms. The van der Waals surface area contributed by atoms with Gasteiger partial charge in [0.15, 0.2) is 0 Å². The van der Waals surface area contributed by atoms with E-state index in [4.69, 9.17) is 4.98 Å². The number of aliphatic hydroxyl groups excluding tert-OH is 1. The average molecular weight is 489 g/mol. The molecule has 4 fully saturated rings. The van der Waals surface area contributed by atoms with Gasteiger partial charge >= 0.3 is 0 Å². The number of piperidine rings is 1. The van der Waals surface area contributed by atoms with Crippen LogP contribution in [0.15, 0.2) is 42.6 Å². The van der Waals surface area contributed by atoms with Gasteiger partial charge in [0.05, 0.1) is 11.5 Å². The molecule has 2 aliphatic carbocycles. The number of hydrogen-bond donors (Lipinski definition) is 2. The van der Waals surface area contributed by atoms with Crippen LogP contribution in [0.1, 0.15) is 68.1 Å². The molecule has 190 valence electrons. The summed E-state index contributed by atoms with van der Waals surface area (Å²) in [6.07, 6.45) is 10.2. The molecule has 1 aromatic carbocycles. The van der Waals surface area contributed by atoms with Gasteiger partial charge < -0.3 is 20.2 Å². The summed E-state index contributed by atoms with van der Waals surface area (Å²) in [5.74, 6) is 1.24. The highest BCUT2D eigenvalue weighted by Gasteiger charge is 2.50. The number of aromatic nitrogens is 1. The predicted molar refractivity (Wildman–Crippen MR) is 139 cm³/mol. The second kappa shape index (κ2) is 9.51. The van der Waals surface area contributed by atoms with E-state index in [9.17, 15) is 14.7 Å². The minimum absolute atomic E-state index is 0.00217. The fourth-order valence-corrected chi connectivity index (χ4v) is 6.33. The van der Waals surface area contributed by atoms with Gasteiger partial charge in [0.25, 0.3) is 5.91 Å². The SMILES string of the molecule is O=C(NC1CC1)c1ccc(-c2ccc(N3CCC[C@@]4(CCN([C@H]5CC[C@H](O)CC5)C4=O)C3)nc2)cc1. The lowest BCUT2D eigenvalue weighted by molar-refractivity contribution is -0.139. The molecule has 2 saturated carbocycles. The molecule has 2 N–H and O–H groups in total. The number of benzene rings is 1. The molecule has 0 bridgehead atoms. The second-order valence-corrected chi connectivity index (χ2v) is 11.2. The second-order valence-electron chi connectivity index (χ2n) is 11.2. The van der Waals surface area contributed by atoms with E-state index in [0.717, 1.165) is 94.4 Å². The standard InChI is InChI=1S/C29H36N4O3/c34-25-11-9-24(10-12-25)33-17-15-29(28(33)36)14-1-16-32(19-29)26-13-6-22(18-30-26)20-2-4-21(5-3-20)27(35)31-23-7-8-23/h2-6,13,18,23-25,34H,1,7-12,14-17,19H2,(H,31,35)/t24-,25-,29-/m1/s1. The molecule has 7 nitrogen and oxygen atoms in total. The van der Waals surface area contributed by atoms with E-state index in [0.29, 0.717) is 23.6 Å². The van der Waals surface area contributed by atoms with Crippen LogP contribution in [0.25, 0.3) is 11.1 Å². The highest BCUT2D eigenvalue weighted by atomic mass is 16.3. The van der Waals surface area contributed by atoms with Crippen LogP contribution in [0, 0.1) is 5.41 Å². The van der Waals surface area contributed by atoms with Gasteiger partial charge in [-0.25, -0.2) is 4.98 Å². The molecule has 7 heteroatoms. The van der Waals surface area contributed by atoms with Gasteiger partial charge in [0.2, 0.25) is 5.91 Å². The molecule has 0 unspecified atom stereocenters. The zero-order chi connectivity index (χ0) is 24.7. The molecule has 4 aliphatic rings. The summed E-state index contributed by atoms with van der Waals surface area (Å²) in [5, 5.41) is 12.9. The van der Waals surface area contributed by atoms with E-state index >= 15 is 0 Å². The Morgan fingerprint density at radius 1 is 0.944 bits per heavy atom. The Kier molecular flexibility index (Phi) is 6.20. The molecular weight excluding hydrogens is 452 g/mol. The first-order chi connectivity index (χ1) is 17.5. The summed E-state index contributed by atoms with van der Waals surface area (Å²) in [5.41, 5.74) is 2.44. The van der Waals surface area contributed by atoms with E-state index < -0.39 is 0 Å². The highest BCUT2D eigenvalue weighted by Crippen LogP contribution is 2.43. The quantitative estimate of drug-likeness (QED) is 0.669. The van der Waals surface area contributed by atoms with Crippen molar-refractivity contribution in [2.24, 2.45) is 5.41 Å². The number of nitrogens with one attached hydrogen (secondary N) is 1. The van der Waals surface area contributed by atoms with Crippen molar-refractivity contribution in [3.63, 3.8) is 0 Å². The predicted octanol–water partition coefficient (Wildman–Crippen LogP) is 3.76. The summed E-state index contributed by atoms with van der Waals surface area (Å²) < 4.78 is 0. The van der Waals surface area contributed by atoms with Crippen molar-refractivity contribution in [2.75, 3.05) is 24.5 Å². The van der Waals surface area contributed by atoms with Crippen molar-refractivity contribution in [1.29, 1.82) is 0 Å². The Morgan fingerprint density at radius 2 is 1.69 bits per heavy atom. The van der Waals surface area contributed by atoms with Crippen LogP contribution in [-0.2, 0) is 4.79 Å². The van der Waals surface area contributed by atoms with Crippen molar-refractivity contribution >= 4 is 17.6 Å². The van der Waals surface area contributed by atoms with E-state index in [1.807, 2.05) is 30.5 Å². The third-order valence-corrected chi connectivity index (χ3v) is 8.69. The average Bonchev–Trinajstić information content (AvgIpc) is 3.68. The fraction of sp³-hybridized carbons (Fsp3) is 0.552. The molecular formula is C29H36N4O3.